The van der Waals surface area contributed by atoms with Crippen molar-refractivity contribution in [1.82, 2.24) is 5.32 Å². The summed E-state index contributed by atoms with van der Waals surface area (Å²) in [4.78, 5) is 0. The number of ether oxygens (including phenoxy) is 1. The van der Waals surface area contributed by atoms with Gasteiger partial charge < -0.3 is 14.5 Å². The average molecular weight is 259 g/mol. The Bertz CT molecular complexity index is 495. The Morgan fingerprint density at radius 2 is 2.26 bits per heavy atom. The van der Waals surface area contributed by atoms with E-state index in [9.17, 15) is 0 Å². The number of furan rings is 1. The zero-order valence-corrected chi connectivity index (χ0v) is 11.4. The lowest BCUT2D eigenvalue weighted by molar-refractivity contribution is 0.103. The van der Waals surface area contributed by atoms with Crippen LogP contribution in [0, 0.1) is 0 Å². The van der Waals surface area contributed by atoms with Gasteiger partial charge in [0.2, 0.25) is 0 Å². The number of nitrogens with one attached hydrogen (secondary N) is 1. The average Bonchev–Trinajstić information content (AvgIpc) is 3.07. The lowest BCUT2D eigenvalue weighted by Crippen LogP contribution is -2.23. The van der Waals surface area contributed by atoms with E-state index in [2.05, 4.69) is 24.4 Å². The first-order chi connectivity index (χ1) is 9.33. The van der Waals surface area contributed by atoms with Crippen molar-refractivity contribution in [3.8, 4) is 0 Å². The fourth-order valence-electron chi connectivity index (χ4n) is 2.65. The molecule has 2 aromatic rings. The molecule has 1 aliphatic rings. The van der Waals surface area contributed by atoms with Crippen LogP contribution < -0.4 is 5.32 Å². The zero-order chi connectivity index (χ0) is 13.1. The van der Waals surface area contributed by atoms with Crippen LogP contribution in [0.15, 0.2) is 34.7 Å². The zero-order valence-electron chi connectivity index (χ0n) is 11.4. The minimum Gasteiger partial charge on any atom is -0.459 e. The molecule has 1 N–H and O–H groups in total. The van der Waals surface area contributed by atoms with Crippen LogP contribution in [0.5, 0.6) is 0 Å². The predicted molar refractivity (Wildman–Crippen MR) is 76.2 cm³/mol. The number of hydrogen-bond acceptors (Lipinski definition) is 3. The largest absolute Gasteiger partial charge is 0.459 e. The second-order valence-electron chi connectivity index (χ2n) is 5.29. The first kappa shape index (κ1) is 12.7. The van der Waals surface area contributed by atoms with E-state index in [0.29, 0.717) is 6.10 Å². The van der Waals surface area contributed by atoms with Crippen LogP contribution >= 0.6 is 0 Å². The van der Waals surface area contributed by atoms with E-state index in [0.717, 1.165) is 30.9 Å². The Morgan fingerprint density at radius 3 is 3.05 bits per heavy atom. The minimum atomic E-state index is 0.244. The fourth-order valence-corrected chi connectivity index (χ4v) is 2.65. The van der Waals surface area contributed by atoms with Crippen molar-refractivity contribution in [3.05, 3.63) is 36.1 Å². The van der Waals surface area contributed by atoms with Crippen LogP contribution in [0.2, 0.25) is 0 Å². The van der Waals surface area contributed by atoms with Crippen LogP contribution in [0.3, 0.4) is 0 Å². The van der Waals surface area contributed by atoms with Crippen molar-refractivity contribution < 1.29 is 9.15 Å². The molecule has 1 saturated heterocycles. The van der Waals surface area contributed by atoms with Gasteiger partial charge in [-0.1, -0.05) is 18.2 Å². The summed E-state index contributed by atoms with van der Waals surface area (Å²) in [6, 6.07) is 10.5. The molecule has 19 heavy (non-hydrogen) atoms. The van der Waals surface area contributed by atoms with Crippen LogP contribution in [0.1, 0.15) is 38.0 Å². The Labute approximate surface area is 113 Å². The summed E-state index contributed by atoms with van der Waals surface area (Å²) in [7, 11) is 0. The quantitative estimate of drug-likeness (QED) is 0.890. The molecule has 2 atom stereocenters. The maximum Gasteiger partial charge on any atom is 0.134 e. The number of benzene rings is 1. The standard InChI is InChI=1S/C16H21NO2/c1-12(17-9-8-14-6-4-10-18-14)16-11-13-5-2-3-7-15(13)19-16/h2-3,5,7,11-12,14,17H,4,6,8-10H2,1H3. The van der Waals surface area contributed by atoms with Crippen LogP contribution in [-0.4, -0.2) is 19.3 Å². The van der Waals surface area contributed by atoms with E-state index < -0.39 is 0 Å². The van der Waals surface area contributed by atoms with Gasteiger partial charge in [0.25, 0.3) is 0 Å². The van der Waals surface area contributed by atoms with E-state index in [4.69, 9.17) is 9.15 Å². The summed E-state index contributed by atoms with van der Waals surface area (Å²) >= 11 is 0. The number of hydrogen-bond donors (Lipinski definition) is 1. The van der Waals surface area contributed by atoms with E-state index in [1.54, 1.807) is 0 Å². The molecule has 102 valence electrons. The molecule has 0 amide bonds. The summed E-state index contributed by atoms with van der Waals surface area (Å²) in [5.41, 5.74) is 0.963. The van der Waals surface area contributed by atoms with E-state index >= 15 is 0 Å². The number of fused-ring (bicyclic) bond motifs is 1. The lowest BCUT2D eigenvalue weighted by atomic mass is 10.1. The third-order valence-electron chi connectivity index (χ3n) is 3.81. The van der Waals surface area contributed by atoms with Crippen LogP contribution in [0.25, 0.3) is 11.0 Å². The molecule has 0 spiro atoms. The van der Waals surface area contributed by atoms with Gasteiger partial charge >= 0.3 is 0 Å². The molecule has 1 aromatic heterocycles. The molecule has 0 saturated carbocycles. The SMILES string of the molecule is CC(NCCC1CCCO1)c1cc2ccccc2o1. The maximum absolute atomic E-state index is 5.86. The highest BCUT2D eigenvalue weighted by molar-refractivity contribution is 5.77. The smallest absolute Gasteiger partial charge is 0.134 e. The summed E-state index contributed by atoms with van der Waals surface area (Å²) < 4.78 is 11.5. The first-order valence-electron chi connectivity index (χ1n) is 7.16. The highest BCUT2D eigenvalue weighted by Gasteiger charge is 2.16. The highest BCUT2D eigenvalue weighted by Crippen LogP contribution is 2.23. The third kappa shape index (κ3) is 2.99. The van der Waals surface area contributed by atoms with E-state index in [-0.39, 0.29) is 6.04 Å². The topological polar surface area (TPSA) is 34.4 Å². The summed E-state index contributed by atoms with van der Waals surface area (Å²) in [6.45, 7) is 4.06. The minimum absolute atomic E-state index is 0.244. The molecule has 1 aliphatic heterocycles. The van der Waals surface area contributed by atoms with Crippen molar-refractivity contribution in [2.45, 2.75) is 38.3 Å². The van der Waals surface area contributed by atoms with Gasteiger partial charge in [0, 0.05) is 12.0 Å². The maximum atomic E-state index is 5.86. The van der Waals surface area contributed by atoms with Gasteiger partial charge in [-0.15, -0.1) is 0 Å². The molecule has 0 aliphatic carbocycles. The molecule has 1 fully saturated rings. The molecule has 0 radical (unpaired) electrons. The van der Waals surface area contributed by atoms with Crippen molar-refractivity contribution in [1.29, 1.82) is 0 Å². The monoisotopic (exact) mass is 259 g/mol. The van der Waals surface area contributed by atoms with Crippen molar-refractivity contribution >= 4 is 11.0 Å². The Morgan fingerprint density at radius 1 is 1.37 bits per heavy atom. The normalized spacial score (nSPS) is 21.0. The van der Waals surface area contributed by atoms with Gasteiger partial charge in [-0.05, 0) is 44.9 Å². The first-order valence-corrected chi connectivity index (χ1v) is 7.16. The van der Waals surface area contributed by atoms with E-state index in [1.165, 1.54) is 18.2 Å². The molecule has 2 unspecified atom stereocenters. The van der Waals surface area contributed by atoms with Gasteiger partial charge in [0.05, 0.1) is 12.1 Å². The molecular weight excluding hydrogens is 238 g/mol. The molecular formula is C16H21NO2. The summed E-state index contributed by atoms with van der Waals surface area (Å²) in [5.74, 6) is 1.01. The van der Waals surface area contributed by atoms with Gasteiger partial charge in [-0.25, -0.2) is 0 Å². The molecule has 3 nitrogen and oxygen atoms in total. The van der Waals surface area contributed by atoms with Gasteiger partial charge in [0.1, 0.15) is 11.3 Å². The van der Waals surface area contributed by atoms with Crippen molar-refractivity contribution in [3.63, 3.8) is 0 Å². The summed E-state index contributed by atoms with van der Waals surface area (Å²) in [5, 5.41) is 4.68. The van der Waals surface area contributed by atoms with Crippen molar-refractivity contribution in [2.75, 3.05) is 13.2 Å². The van der Waals surface area contributed by atoms with Crippen LogP contribution in [0.4, 0.5) is 0 Å². The lowest BCUT2D eigenvalue weighted by Gasteiger charge is -2.13. The Hall–Kier alpha value is -1.32. The number of para-hydroxylation sites is 1. The Kier molecular flexibility index (Phi) is 3.85. The third-order valence-corrected chi connectivity index (χ3v) is 3.81. The summed E-state index contributed by atoms with van der Waals surface area (Å²) in [6.07, 6.45) is 3.96. The predicted octanol–water partition coefficient (Wildman–Crippen LogP) is 3.65. The second-order valence-corrected chi connectivity index (χ2v) is 5.29. The highest BCUT2D eigenvalue weighted by atomic mass is 16.5. The molecule has 3 heteroatoms. The second kappa shape index (κ2) is 5.76. The molecule has 2 heterocycles. The molecule has 0 bridgehead atoms. The van der Waals surface area contributed by atoms with Crippen LogP contribution in [-0.2, 0) is 4.74 Å². The Balaban J connectivity index is 1.55. The van der Waals surface area contributed by atoms with Crippen molar-refractivity contribution in [2.24, 2.45) is 0 Å². The molecule has 1 aromatic carbocycles. The fraction of sp³-hybridized carbons (Fsp3) is 0.500. The van der Waals surface area contributed by atoms with Gasteiger partial charge in [-0.3, -0.25) is 0 Å². The van der Waals surface area contributed by atoms with E-state index in [1.807, 2.05) is 18.2 Å². The molecule has 3 rings (SSSR count). The van der Waals surface area contributed by atoms with Gasteiger partial charge in [0.15, 0.2) is 0 Å². The number of rotatable bonds is 5. The van der Waals surface area contributed by atoms with Gasteiger partial charge in [-0.2, -0.15) is 0 Å².